The van der Waals surface area contributed by atoms with Crippen molar-refractivity contribution in [3.63, 3.8) is 0 Å². The molecule has 0 spiro atoms. The summed E-state index contributed by atoms with van der Waals surface area (Å²) < 4.78 is 6.49. The van der Waals surface area contributed by atoms with E-state index in [1.54, 1.807) is 7.11 Å². The minimum absolute atomic E-state index is 1.02. The largest absolute Gasteiger partial charge is 0.496 e. The summed E-state index contributed by atoms with van der Waals surface area (Å²) in [5, 5.41) is 0. The molecule has 1 nitrogen and oxygen atoms in total. The van der Waals surface area contributed by atoms with Gasteiger partial charge in [-0.3, -0.25) is 0 Å². The molecule has 0 saturated carbocycles. The maximum Gasteiger partial charge on any atom is 0.132 e. The number of methoxy groups -OCH3 is 1. The molecule has 1 aliphatic rings. The molecule has 12 heavy (non-hydrogen) atoms. The van der Waals surface area contributed by atoms with Crippen LogP contribution < -0.4 is 4.74 Å². The van der Waals surface area contributed by atoms with Crippen LogP contribution in [-0.4, -0.2) is 7.11 Å². The maximum atomic E-state index is 5.26. The van der Waals surface area contributed by atoms with Crippen molar-refractivity contribution in [2.45, 2.75) is 19.3 Å². The lowest BCUT2D eigenvalue weighted by molar-refractivity contribution is 0.411. The van der Waals surface area contributed by atoms with Gasteiger partial charge in [-0.25, -0.2) is 0 Å². The minimum Gasteiger partial charge on any atom is -0.496 e. The Bertz CT molecular complexity index is 306. The first-order valence-electron chi connectivity index (χ1n) is 4.16. The Morgan fingerprint density at radius 2 is 1.92 bits per heavy atom. The van der Waals surface area contributed by atoms with Crippen LogP contribution in [0.3, 0.4) is 0 Å². The van der Waals surface area contributed by atoms with Crippen LogP contribution in [0, 0.1) is 3.57 Å². The molecule has 0 aromatic heterocycles. The van der Waals surface area contributed by atoms with Crippen molar-refractivity contribution in [1.82, 2.24) is 0 Å². The molecule has 0 atom stereocenters. The number of benzene rings is 1. The second kappa shape index (κ2) is 3.24. The zero-order valence-corrected chi connectivity index (χ0v) is 9.22. The first kappa shape index (κ1) is 8.35. The zero-order valence-electron chi connectivity index (χ0n) is 7.06. The molecule has 2 heteroatoms. The SMILES string of the molecule is COc1cc2c(cc1I)CCC2. The van der Waals surface area contributed by atoms with E-state index in [0.717, 1.165) is 5.75 Å². The Hall–Kier alpha value is -0.250. The highest BCUT2D eigenvalue weighted by atomic mass is 127. The zero-order chi connectivity index (χ0) is 8.55. The molecular formula is C10H11IO. The van der Waals surface area contributed by atoms with Gasteiger partial charge in [-0.05, 0) is 65.1 Å². The third-order valence-electron chi connectivity index (χ3n) is 2.37. The van der Waals surface area contributed by atoms with Crippen molar-refractivity contribution in [2.24, 2.45) is 0 Å². The fraction of sp³-hybridized carbons (Fsp3) is 0.400. The Kier molecular flexibility index (Phi) is 2.26. The van der Waals surface area contributed by atoms with Crippen LogP contribution in [0.5, 0.6) is 5.75 Å². The summed E-state index contributed by atoms with van der Waals surface area (Å²) >= 11 is 2.33. The van der Waals surface area contributed by atoms with E-state index in [2.05, 4.69) is 34.7 Å². The van der Waals surface area contributed by atoms with Crippen molar-refractivity contribution < 1.29 is 4.74 Å². The summed E-state index contributed by atoms with van der Waals surface area (Å²) in [6.45, 7) is 0. The molecule has 0 radical (unpaired) electrons. The quantitative estimate of drug-likeness (QED) is 0.715. The van der Waals surface area contributed by atoms with Gasteiger partial charge in [-0.2, -0.15) is 0 Å². The normalized spacial score (nSPS) is 14.5. The Labute approximate surface area is 86.3 Å². The Morgan fingerprint density at radius 3 is 2.58 bits per heavy atom. The second-order valence-electron chi connectivity index (χ2n) is 3.11. The maximum absolute atomic E-state index is 5.26. The minimum atomic E-state index is 1.02. The van der Waals surface area contributed by atoms with Crippen LogP contribution in [-0.2, 0) is 12.8 Å². The molecule has 0 saturated heterocycles. The van der Waals surface area contributed by atoms with Crippen molar-refractivity contribution in [3.05, 3.63) is 26.8 Å². The van der Waals surface area contributed by atoms with Crippen LogP contribution in [0.15, 0.2) is 12.1 Å². The molecular weight excluding hydrogens is 263 g/mol. The van der Waals surface area contributed by atoms with E-state index in [4.69, 9.17) is 4.74 Å². The number of aryl methyl sites for hydroxylation is 2. The second-order valence-corrected chi connectivity index (χ2v) is 4.27. The van der Waals surface area contributed by atoms with Gasteiger partial charge in [0, 0.05) is 0 Å². The van der Waals surface area contributed by atoms with Crippen LogP contribution in [0.2, 0.25) is 0 Å². The summed E-state index contributed by atoms with van der Waals surface area (Å²) in [7, 11) is 1.73. The van der Waals surface area contributed by atoms with E-state index in [9.17, 15) is 0 Å². The first-order valence-corrected chi connectivity index (χ1v) is 5.24. The molecule has 1 aromatic carbocycles. The number of rotatable bonds is 1. The molecule has 0 heterocycles. The lowest BCUT2D eigenvalue weighted by Gasteiger charge is -2.06. The molecule has 1 aromatic rings. The summed E-state index contributed by atoms with van der Waals surface area (Å²) in [4.78, 5) is 0. The number of halogens is 1. The summed E-state index contributed by atoms with van der Waals surface area (Å²) in [5.74, 6) is 1.02. The average Bonchev–Trinajstić information content (AvgIpc) is 2.49. The molecule has 0 unspecified atom stereocenters. The van der Waals surface area contributed by atoms with Gasteiger partial charge in [0.2, 0.25) is 0 Å². The monoisotopic (exact) mass is 274 g/mol. The van der Waals surface area contributed by atoms with Crippen molar-refractivity contribution in [2.75, 3.05) is 7.11 Å². The summed E-state index contributed by atoms with van der Waals surface area (Å²) in [5.41, 5.74) is 2.99. The number of ether oxygens (including phenoxy) is 1. The Balaban J connectivity index is 2.49. The van der Waals surface area contributed by atoms with E-state index in [1.165, 1.54) is 34.0 Å². The Morgan fingerprint density at radius 1 is 1.25 bits per heavy atom. The van der Waals surface area contributed by atoms with E-state index < -0.39 is 0 Å². The fourth-order valence-corrected chi connectivity index (χ4v) is 2.48. The molecule has 0 N–H and O–H groups in total. The topological polar surface area (TPSA) is 9.23 Å². The van der Waals surface area contributed by atoms with Crippen molar-refractivity contribution in [1.29, 1.82) is 0 Å². The van der Waals surface area contributed by atoms with E-state index in [-0.39, 0.29) is 0 Å². The lowest BCUT2D eigenvalue weighted by Crippen LogP contribution is -1.90. The van der Waals surface area contributed by atoms with Gasteiger partial charge in [0.05, 0.1) is 10.7 Å². The van der Waals surface area contributed by atoms with Gasteiger partial charge >= 0.3 is 0 Å². The van der Waals surface area contributed by atoms with E-state index in [0.29, 0.717) is 0 Å². The number of hydrogen-bond donors (Lipinski definition) is 0. The van der Waals surface area contributed by atoms with Crippen molar-refractivity contribution in [3.8, 4) is 5.75 Å². The van der Waals surface area contributed by atoms with Crippen LogP contribution >= 0.6 is 22.6 Å². The van der Waals surface area contributed by atoms with Gasteiger partial charge in [-0.15, -0.1) is 0 Å². The van der Waals surface area contributed by atoms with Crippen LogP contribution in [0.4, 0.5) is 0 Å². The predicted octanol–water partition coefficient (Wildman–Crippen LogP) is 2.79. The summed E-state index contributed by atoms with van der Waals surface area (Å²) in [6.07, 6.45) is 3.77. The van der Waals surface area contributed by atoms with Gasteiger partial charge < -0.3 is 4.74 Å². The molecule has 0 fully saturated rings. The third-order valence-corrected chi connectivity index (χ3v) is 3.21. The van der Waals surface area contributed by atoms with E-state index >= 15 is 0 Å². The highest BCUT2D eigenvalue weighted by molar-refractivity contribution is 14.1. The van der Waals surface area contributed by atoms with Crippen LogP contribution in [0.1, 0.15) is 17.5 Å². The van der Waals surface area contributed by atoms with Crippen molar-refractivity contribution >= 4 is 22.6 Å². The fourth-order valence-electron chi connectivity index (χ4n) is 1.73. The van der Waals surface area contributed by atoms with Gasteiger partial charge in [-0.1, -0.05) is 0 Å². The highest BCUT2D eigenvalue weighted by Gasteiger charge is 2.13. The molecule has 0 amide bonds. The average molecular weight is 274 g/mol. The molecule has 0 bridgehead atoms. The summed E-state index contributed by atoms with van der Waals surface area (Å²) in [6, 6.07) is 4.44. The van der Waals surface area contributed by atoms with E-state index in [1.807, 2.05) is 0 Å². The molecule has 64 valence electrons. The molecule has 1 aliphatic carbocycles. The predicted molar refractivity (Wildman–Crippen MR) is 57.7 cm³/mol. The molecule has 2 rings (SSSR count). The number of fused-ring (bicyclic) bond motifs is 1. The first-order chi connectivity index (χ1) is 5.81. The van der Waals surface area contributed by atoms with Gasteiger partial charge in [0.25, 0.3) is 0 Å². The lowest BCUT2D eigenvalue weighted by atomic mass is 10.1. The molecule has 0 aliphatic heterocycles. The standard InChI is InChI=1S/C10H11IO/c1-12-10-6-8-4-2-3-7(8)5-9(10)11/h5-6H,2-4H2,1H3. The number of hydrogen-bond acceptors (Lipinski definition) is 1. The third kappa shape index (κ3) is 1.32. The van der Waals surface area contributed by atoms with Gasteiger partial charge in [0.15, 0.2) is 0 Å². The smallest absolute Gasteiger partial charge is 0.132 e. The highest BCUT2D eigenvalue weighted by Crippen LogP contribution is 2.30. The van der Waals surface area contributed by atoms with Gasteiger partial charge in [0.1, 0.15) is 5.75 Å². The van der Waals surface area contributed by atoms with Crippen LogP contribution in [0.25, 0.3) is 0 Å².